The highest BCUT2D eigenvalue weighted by molar-refractivity contribution is 6.38. The molecule has 0 aliphatic heterocycles. The fourth-order valence-electron chi connectivity index (χ4n) is 1.57. The van der Waals surface area contributed by atoms with Crippen molar-refractivity contribution in [1.29, 1.82) is 0 Å². The maximum absolute atomic E-state index is 11.0. The first-order valence-corrected chi connectivity index (χ1v) is 6.40. The molecule has 0 spiro atoms. The molecule has 2 N–H and O–H groups in total. The van der Waals surface area contributed by atoms with E-state index in [9.17, 15) is 4.79 Å². The third-order valence-corrected chi connectivity index (χ3v) is 3.20. The summed E-state index contributed by atoms with van der Waals surface area (Å²) in [6.45, 7) is 0. The number of hydrogen-bond acceptors (Lipinski definition) is 3. The van der Waals surface area contributed by atoms with E-state index in [0.717, 1.165) is 0 Å². The zero-order valence-electron chi connectivity index (χ0n) is 10.2. The van der Waals surface area contributed by atoms with Crippen LogP contribution >= 0.6 is 23.2 Å². The Morgan fingerprint density at radius 2 is 1.75 bits per heavy atom. The number of para-hydroxylation sites is 1. The van der Waals surface area contributed by atoms with Crippen LogP contribution in [0.4, 0.5) is 5.69 Å². The van der Waals surface area contributed by atoms with Gasteiger partial charge >= 0.3 is 5.97 Å². The van der Waals surface area contributed by atoms with Crippen LogP contribution in [0.1, 0.15) is 15.9 Å². The number of anilines is 1. The van der Waals surface area contributed by atoms with E-state index in [0.29, 0.717) is 21.3 Å². The first-order chi connectivity index (χ1) is 9.59. The Balaban J connectivity index is 2.21. The zero-order chi connectivity index (χ0) is 14.5. The normalized spacial score (nSPS) is 10.7. The van der Waals surface area contributed by atoms with E-state index < -0.39 is 5.97 Å². The number of carbonyl (C=O) groups is 1. The molecule has 2 rings (SSSR count). The van der Waals surface area contributed by atoms with Gasteiger partial charge in [0.1, 0.15) is 0 Å². The lowest BCUT2D eigenvalue weighted by molar-refractivity contribution is 0.0698. The number of benzene rings is 2. The minimum absolute atomic E-state index is 0.134. The lowest BCUT2D eigenvalue weighted by Gasteiger charge is -2.05. The van der Waals surface area contributed by atoms with E-state index in [1.54, 1.807) is 36.4 Å². The highest BCUT2D eigenvalue weighted by Gasteiger charge is 2.08. The van der Waals surface area contributed by atoms with E-state index in [2.05, 4.69) is 10.5 Å². The van der Waals surface area contributed by atoms with Crippen LogP contribution in [0, 0.1) is 0 Å². The van der Waals surface area contributed by atoms with Crippen LogP contribution < -0.4 is 5.43 Å². The SMILES string of the molecule is O=C(O)c1ccccc1N/N=C\c1c(Cl)cccc1Cl. The van der Waals surface area contributed by atoms with Gasteiger partial charge in [-0.1, -0.05) is 41.4 Å². The summed E-state index contributed by atoms with van der Waals surface area (Å²) in [4.78, 5) is 11.0. The van der Waals surface area contributed by atoms with Crippen LogP contribution in [-0.4, -0.2) is 17.3 Å². The molecule has 102 valence electrons. The molecule has 0 bridgehead atoms. The van der Waals surface area contributed by atoms with Crippen LogP contribution in [0.3, 0.4) is 0 Å². The number of nitrogens with zero attached hydrogens (tertiary/aromatic N) is 1. The molecule has 20 heavy (non-hydrogen) atoms. The standard InChI is InChI=1S/C14H10Cl2N2O2/c15-11-5-3-6-12(16)10(11)8-17-18-13-7-2-1-4-9(13)14(19)20/h1-8,18H,(H,19,20)/b17-8-. The first kappa shape index (κ1) is 14.4. The van der Waals surface area contributed by atoms with Crippen molar-refractivity contribution in [2.75, 3.05) is 5.43 Å². The molecule has 0 aliphatic carbocycles. The summed E-state index contributed by atoms with van der Waals surface area (Å²) in [5.74, 6) is -1.03. The maximum Gasteiger partial charge on any atom is 0.337 e. The number of carboxylic acid groups (broad SMARTS) is 1. The average Bonchev–Trinajstić information content (AvgIpc) is 2.42. The fraction of sp³-hybridized carbons (Fsp3) is 0. The molecule has 0 atom stereocenters. The molecule has 0 saturated heterocycles. The van der Waals surface area contributed by atoms with Gasteiger partial charge in [-0.15, -0.1) is 0 Å². The van der Waals surface area contributed by atoms with Gasteiger partial charge < -0.3 is 5.11 Å². The second-order valence-electron chi connectivity index (χ2n) is 3.86. The average molecular weight is 309 g/mol. The minimum Gasteiger partial charge on any atom is -0.478 e. The number of carboxylic acids is 1. The van der Waals surface area contributed by atoms with Gasteiger partial charge in [0.05, 0.1) is 27.5 Å². The Kier molecular flexibility index (Phi) is 4.61. The van der Waals surface area contributed by atoms with Crippen molar-refractivity contribution in [3.63, 3.8) is 0 Å². The van der Waals surface area contributed by atoms with Gasteiger partial charge in [-0.3, -0.25) is 5.43 Å². The Morgan fingerprint density at radius 3 is 2.40 bits per heavy atom. The molecule has 2 aromatic carbocycles. The number of hydrogen-bond donors (Lipinski definition) is 2. The topological polar surface area (TPSA) is 61.7 Å². The monoisotopic (exact) mass is 308 g/mol. The largest absolute Gasteiger partial charge is 0.478 e. The number of nitrogens with one attached hydrogen (secondary N) is 1. The van der Waals surface area contributed by atoms with Gasteiger partial charge in [0, 0.05) is 5.56 Å². The molecule has 0 saturated carbocycles. The van der Waals surface area contributed by atoms with Gasteiger partial charge in [-0.2, -0.15) is 5.10 Å². The van der Waals surface area contributed by atoms with Crippen molar-refractivity contribution in [2.45, 2.75) is 0 Å². The van der Waals surface area contributed by atoms with Crippen LogP contribution in [-0.2, 0) is 0 Å². The second kappa shape index (κ2) is 6.41. The van der Waals surface area contributed by atoms with Crippen LogP contribution in [0.5, 0.6) is 0 Å². The molecule has 0 unspecified atom stereocenters. The first-order valence-electron chi connectivity index (χ1n) is 5.65. The van der Waals surface area contributed by atoms with Crippen LogP contribution in [0.15, 0.2) is 47.6 Å². The Bertz CT molecular complexity index is 652. The number of aromatic carboxylic acids is 1. The summed E-state index contributed by atoms with van der Waals surface area (Å²) in [6.07, 6.45) is 1.45. The van der Waals surface area contributed by atoms with E-state index in [-0.39, 0.29) is 5.56 Å². The Morgan fingerprint density at radius 1 is 1.10 bits per heavy atom. The minimum atomic E-state index is -1.03. The molecule has 0 aromatic heterocycles. The van der Waals surface area contributed by atoms with Crippen molar-refractivity contribution >= 4 is 41.1 Å². The molecular formula is C14H10Cl2N2O2. The van der Waals surface area contributed by atoms with Gasteiger partial charge in [0.2, 0.25) is 0 Å². The smallest absolute Gasteiger partial charge is 0.337 e. The molecule has 2 aromatic rings. The highest BCUT2D eigenvalue weighted by Crippen LogP contribution is 2.22. The van der Waals surface area contributed by atoms with Crippen molar-refractivity contribution in [1.82, 2.24) is 0 Å². The van der Waals surface area contributed by atoms with E-state index in [1.165, 1.54) is 12.3 Å². The predicted molar refractivity (Wildman–Crippen MR) is 81.1 cm³/mol. The molecule has 0 fully saturated rings. The van der Waals surface area contributed by atoms with E-state index in [4.69, 9.17) is 28.3 Å². The zero-order valence-corrected chi connectivity index (χ0v) is 11.7. The van der Waals surface area contributed by atoms with Crippen LogP contribution in [0.2, 0.25) is 10.0 Å². The molecule has 0 heterocycles. The van der Waals surface area contributed by atoms with Gasteiger partial charge in [-0.05, 0) is 24.3 Å². The van der Waals surface area contributed by atoms with E-state index >= 15 is 0 Å². The third-order valence-electron chi connectivity index (χ3n) is 2.54. The quantitative estimate of drug-likeness (QED) is 0.659. The van der Waals surface area contributed by atoms with Crippen LogP contribution in [0.25, 0.3) is 0 Å². The molecule has 0 amide bonds. The number of halogens is 2. The van der Waals surface area contributed by atoms with Crippen molar-refractivity contribution in [3.8, 4) is 0 Å². The van der Waals surface area contributed by atoms with Gasteiger partial charge in [-0.25, -0.2) is 4.79 Å². The summed E-state index contributed by atoms with van der Waals surface area (Å²) in [5.41, 5.74) is 3.76. The van der Waals surface area contributed by atoms with Crippen molar-refractivity contribution in [2.24, 2.45) is 5.10 Å². The van der Waals surface area contributed by atoms with Gasteiger partial charge in [0.25, 0.3) is 0 Å². The molecule has 4 nitrogen and oxygen atoms in total. The van der Waals surface area contributed by atoms with Gasteiger partial charge in [0.15, 0.2) is 0 Å². The Labute approximate surface area is 125 Å². The highest BCUT2D eigenvalue weighted by atomic mass is 35.5. The molecule has 0 radical (unpaired) electrons. The summed E-state index contributed by atoms with van der Waals surface area (Å²) >= 11 is 12.0. The third kappa shape index (κ3) is 3.29. The molecular weight excluding hydrogens is 299 g/mol. The van der Waals surface area contributed by atoms with Crippen molar-refractivity contribution in [3.05, 3.63) is 63.6 Å². The summed E-state index contributed by atoms with van der Waals surface area (Å²) in [6, 6.07) is 11.6. The number of rotatable bonds is 4. The summed E-state index contributed by atoms with van der Waals surface area (Å²) in [7, 11) is 0. The summed E-state index contributed by atoms with van der Waals surface area (Å²) < 4.78 is 0. The molecule has 0 aliphatic rings. The lowest BCUT2D eigenvalue weighted by Crippen LogP contribution is -2.02. The summed E-state index contributed by atoms with van der Waals surface area (Å²) in [5, 5.41) is 13.9. The fourth-order valence-corrected chi connectivity index (χ4v) is 2.06. The molecule has 6 heteroatoms. The number of hydrazone groups is 1. The maximum atomic E-state index is 11.0. The van der Waals surface area contributed by atoms with E-state index in [1.807, 2.05) is 0 Å². The van der Waals surface area contributed by atoms with Crippen molar-refractivity contribution < 1.29 is 9.90 Å². The predicted octanol–water partition coefficient (Wildman–Crippen LogP) is 4.14. The second-order valence-corrected chi connectivity index (χ2v) is 4.67. The lowest BCUT2D eigenvalue weighted by atomic mass is 10.2. The Hall–Kier alpha value is -2.04.